The van der Waals surface area contributed by atoms with Crippen molar-refractivity contribution in [3.05, 3.63) is 24.3 Å². The molecule has 2 heterocycles. The molecule has 4 aliphatic carbocycles. The number of rotatable bonds is 6. The number of aliphatic hydroxyl groups excluding tert-OH is 1. The summed E-state index contributed by atoms with van der Waals surface area (Å²) >= 11 is 0. The van der Waals surface area contributed by atoms with Crippen LogP contribution in [0.2, 0.25) is 0 Å². The molecule has 0 unspecified atom stereocenters. The van der Waals surface area contributed by atoms with E-state index in [1.54, 1.807) is 0 Å². The van der Waals surface area contributed by atoms with E-state index in [1.165, 1.54) is 6.92 Å². The van der Waals surface area contributed by atoms with Crippen LogP contribution in [0.1, 0.15) is 46.5 Å². The topological polar surface area (TPSA) is 186 Å². The minimum Gasteiger partial charge on any atom is -0.478 e. The lowest BCUT2D eigenvalue weighted by molar-refractivity contribution is -0.458. The van der Waals surface area contributed by atoms with Crippen LogP contribution >= 0.6 is 0 Å². The molecule has 4 N–H and O–H groups in total. The number of carboxylic acids is 1. The fourth-order valence-corrected chi connectivity index (χ4v) is 8.93. The van der Waals surface area contributed by atoms with Gasteiger partial charge in [0.05, 0.1) is 6.61 Å². The maximum absolute atomic E-state index is 14.2. The summed E-state index contributed by atoms with van der Waals surface area (Å²) in [6, 6.07) is 0. The van der Waals surface area contributed by atoms with E-state index in [9.17, 15) is 34.2 Å². The predicted octanol–water partition coefficient (Wildman–Crippen LogP) is 0.254. The number of esters is 2. The first kappa shape index (κ1) is 28.4. The number of carbonyl (C=O) groups is 5. The number of hydrogen-bond acceptors (Lipinski definition) is 10. The summed E-state index contributed by atoms with van der Waals surface area (Å²) in [5.74, 6) is -8.52. The fraction of sp³-hybridized carbons (Fsp3) is 0.679. The van der Waals surface area contributed by atoms with Crippen molar-refractivity contribution in [3.8, 4) is 0 Å². The Labute approximate surface area is 230 Å². The second-order valence-electron chi connectivity index (χ2n) is 12.4. The van der Waals surface area contributed by atoms with Gasteiger partial charge in [-0.25, -0.2) is 4.79 Å². The van der Waals surface area contributed by atoms with Gasteiger partial charge in [0, 0.05) is 36.3 Å². The van der Waals surface area contributed by atoms with E-state index in [4.69, 9.17) is 19.3 Å². The number of aliphatic carboxylic acids is 1. The summed E-state index contributed by atoms with van der Waals surface area (Å²) in [6.07, 6.45) is -0.300. The first-order chi connectivity index (χ1) is 18.6. The number of ketones is 1. The van der Waals surface area contributed by atoms with Gasteiger partial charge in [-0.3, -0.25) is 19.2 Å². The average Bonchev–Trinajstić information content (AvgIpc) is 2.98. The van der Waals surface area contributed by atoms with Crippen LogP contribution in [0.25, 0.3) is 0 Å². The number of aliphatic hydroxyl groups is 2. The van der Waals surface area contributed by atoms with Crippen LogP contribution in [0.4, 0.5) is 0 Å². The molecule has 12 heteroatoms. The van der Waals surface area contributed by atoms with Crippen LogP contribution < -0.4 is 5.32 Å². The standard InChI is InChI=1S/C28H35NO11/c1-13-15-5-6-16-26-12-38-28(37,23(36)21(26)25(3,4)10-9-17(26)39-14(2)30)27(16,22(13)35)24(15)40-20(34)11-29-18(31)7-8-19(32)33/h7-8,15-17,21,23-24,36-37H,1,5-6,9-12H2,2-4H3,(H,29,31)(H,32,33)/b8-7+/t15-,16+,17+,21-,23+,24-,26-,27+,28-/m1/s1. The normalized spacial score (nSPS) is 42.6. The first-order valence-corrected chi connectivity index (χ1v) is 13.5. The van der Waals surface area contributed by atoms with Gasteiger partial charge in [-0.05, 0) is 42.6 Å². The van der Waals surface area contributed by atoms with Crippen LogP contribution in [0.5, 0.6) is 0 Å². The molecule has 6 rings (SSSR count). The minimum atomic E-state index is -2.41. The number of hydrogen-bond donors (Lipinski definition) is 4. The zero-order valence-corrected chi connectivity index (χ0v) is 22.7. The molecule has 4 saturated carbocycles. The Morgan fingerprint density at radius 1 is 1.15 bits per heavy atom. The Kier molecular flexibility index (Phi) is 6.55. The Balaban J connectivity index is 1.57. The number of ether oxygens (including phenoxy) is 3. The number of carbonyl (C=O) groups excluding carboxylic acids is 4. The van der Waals surface area contributed by atoms with E-state index >= 15 is 0 Å². The Morgan fingerprint density at radius 3 is 2.50 bits per heavy atom. The average molecular weight is 562 g/mol. The molecule has 4 bridgehead atoms. The van der Waals surface area contributed by atoms with Crippen LogP contribution in [0.3, 0.4) is 0 Å². The summed E-state index contributed by atoms with van der Waals surface area (Å²) < 4.78 is 17.7. The second kappa shape index (κ2) is 9.22. The molecule has 2 spiro atoms. The van der Waals surface area contributed by atoms with Gasteiger partial charge in [0.2, 0.25) is 11.7 Å². The van der Waals surface area contributed by atoms with Crippen molar-refractivity contribution in [2.75, 3.05) is 13.2 Å². The molecule has 1 amide bonds. The summed E-state index contributed by atoms with van der Waals surface area (Å²) in [6.45, 7) is 8.52. The van der Waals surface area contributed by atoms with E-state index < -0.39 is 94.2 Å². The van der Waals surface area contributed by atoms with Gasteiger partial charge in [0.25, 0.3) is 0 Å². The molecule has 40 heavy (non-hydrogen) atoms. The molecular weight excluding hydrogens is 526 g/mol. The smallest absolute Gasteiger partial charge is 0.328 e. The highest BCUT2D eigenvalue weighted by Gasteiger charge is 2.88. The van der Waals surface area contributed by atoms with E-state index in [1.807, 2.05) is 13.8 Å². The molecule has 0 radical (unpaired) electrons. The molecule has 0 aromatic rings. The van der Waals surface area contributed by atoms with Gasteiger partial charge in [0.1, 0.15) is 30.3 Å². The van der Waals surface area contributed by atoms with Crippen LogP contribution in [-0.2, 0) is 38.2 Å². The summed E-state index contributed by atoms with van der Waals surface area (Å²) in [5.41, 5.74) is -3.32. The summed E-state index contributed by atoms with van der Waals surface area (Å²) in [7, 11) is 0. The molecule has 12 nitrogen and oxygen atoms in total. The minimum absolute atomic E-state index is 0.0594. The number of amides is 1. The number of fused-ring (bicyclic) bond motifs is 2. The SMILES string of the molecule is C=C1C(=O)[C@]23[C@H](OC(=O)CNC(=O)/C=C/C(=O)O)[C@@H]1CC[C@H]2[C@@]12CO[C@]3(O)[C@@H](O)[C@@H]1C(C)(C)CC[C@@H]2OC(C)=O. The molecule has 6 aliphatic rings. The largest absolute Gasteiger partial charge is 0.478 e. The Hall–Kier alpha value is -3.09. The Morgan fingerprint density at radius 2 is 1.85 bits per heavy atom. The zero-order valence-electron chi connectivity index (χ0n) is 22.7. The number of nitrogens with one attached hydrogen (secondary N) is 1. The number of carboxylic acid groups (broad SMARTS) is 1. The van der Waals surface area contributed by atoms with Gasteiger partial charge in [-0.2, -0.15) is 0 Å². The lowest BCUT2D eigenvalue weighted by Gasteiger charge is -2.74. The maximum atomic E-state index is 14.2. The van der Waals surface area contributed by atoms with Gasteiger partial charge < -0.3 is 34.8 Å². The third kappa shape index (κ3) is 3.58. The monoisotopic (exact) mass is 561 g/mol. The van der Waals surface area contributed by atoms with E-state index in [-0.39, 0.29) is 12.2 Å². The van der Waals surface area contributed by atoms with Crippen molar-refractivity contribution in [2.45, 2.75) is 70.6 Å². The first-order valence-electron chi connectivity index (χ1n) is 13.5. The van der Waals surface area contributed by atoms with E-state index in [0.29, 0.717) is 31.8 Å². The fourth-order valence-electron chi connectivity index (χ4n) is 8.93. The second-order valence-corrected chi connectivity index (χ2v) is 12.4. The van der Waals surface area contributed by atoms with Gasteiger partial charge in [-0.1, -0.05) is 20.4 Å². The lowest BCUT2D eigenvalue weighted by atomic mass is 9.35. The third-order valence-corrected chi connectivity index (χ3v) is 10.2. The third-order valence-electron chi connectivity index (χ3n) is 10.2. The quantitative estimate of drug-likeness (QED) is 0.257. The van der Waals surface area contributed by atoms with E-state index in [2.05, 4.69) is 11.9 Å². The molecule has 0 aromatic heterocycles. The molecule has 0 aromatic carbocycles. The van der Waals surface area contributed by atoms with Crippen LogP contribution in [0.15, 0.2) is 24.3 Å². The summed E-state index contributed by atoms with van der Waals surface area (Å²) in [4.78, 5) is 61.9. The molecule has 2 aliphatic heterocycles. The van der Waals surface area contributed by atoms with Crippen molar-refractivity contribution in [1.82, 2.24) is 5.32 Å². The van der Waals surface area contributed by atoms with Gasteiger partial charge in [0.15, 0.2) is 5.78 Å². The van der Waals surface area contributed by atoms with Crippen molar-refractivity contribution in [2.24, 2.45) is 34.0 Å². The highest BCUT2D eigenvalue weighted by Crippen LogP contribution is 2.77. The molecule has 9 atom stereocenters. The maximum Gasteiger partial charge on any atom is 0.328 e. The summed E-state index contributed by atoms with van der Waals surface area (Å²) in [5, 5.41) is 35.0. The molecule has 218 valence electrons. The lowest BCUT2D eigenvalue weighted by Crippen LogP contribution is -2.86. The predicted molar refractivity (Wildman–Crippen MR) is 134 cm³/mol. The van der Waals surface area contributed by atoms with Crippen molar-refractivity contribution in [1.29, 1.82) is 0 Å². The zero-order chi connectivity index (χ0) is 29.4. The number of Topliss-reactive ketones (excluding diaryl/α,β-unsaturated/α-hetero) is 1. The molecule has 2 saturated heterocycles. The Bertz CT molecular complexity index is 1220. The van der Waals surface area contributed by atoms with Gasteiger partial charge in [-0.15, -0.1) is 0 Å². The van der Waals surface area contributed by atoms with Crippen molar-refractivity contribution >= 4 is 29.6 Å². The van der Waals surface area contributed by atoms with Crippen molar-refractivity contribution < 1.29 is 53.5 Å². The van der Waals surface area contributed by atoms with E-state index in [0.717, 1.165) is 6.08 Å². The van der Waals surface area contributed by atoms with Crippen LogP contribution in [0, 0.1) is 34.0 Å². The van der Waals surface area contributed by atoms with Crippen LogP contribution in [-0.4, -0.2) is 82.2 Å². The highest BCUT2D eigenvalue weighted by atomic mass is 16.7. The van der Waals surface area contributed by atoms with Crippen molar-refractivity contribution in [3.63, 3.8) is 0 Å². The molecular formula is C28H35NO11. The van der Waals surface area contributed by atoms with Gasteiger partial charge >= 0.3 is 17.9 Å². The highest BCUT2D eigenvalue weighted by molar-refractivity contribution is 6.05. The molecule has 6 fully saturated rings.